The Kier molecular flexibility index (Phi) is 5.46. The van der Waals surface area contributed by atoms with Crippen LogP contribution in [0.1, 0.15) is 52.4 Å². The van der Waals surface area contributed by atoms with Gasteiger partial charge in [-0.15, -0.1) is 0 Å². The summed E-state index contributed by atoms with van der Waals surface area (Å²) in [6.07, 6.45) is 8.05. The number of aliphatic hydroxyl groups is 1. The highest BCUT2D eigenvalue weighted by atomic mass is 16.3. The molecule has 2 aliphatic rings. The molecule has 18 heavy (non-hydrogen) atoms. The quantitative estimate of drug-likeness (QED) is 0.702. The Balaban J connectivity index is 1.89. The Morgan fingerprint density at radius 1 is 1.17 bits per heavy atom. The van der Waals surface area contributed by atoms with Crippen LogP contribution in [0.2, 0.25) is 0 Å². The lowest BCUT2D eigenvalue weighted by Crippen LogP contribution is -2.51. The third kappa shape index (κ3) is 3.46. The summed E-state index contributed by atoms with van der Waals surface area (Å²) in [4.78, 5) is 0. The zero-order valence-electron chi connectivity index (χ0n) is 12.0. The van der Waals surface area contributed by atoms with Crippen molar-refractivity contribution in [2.24, 2.45) is 11.8 Å². The van der Waals surface area contributed by atoms with Gasteiger partial charge in [-0.3, -0.25) is 0 Å². The Morgan fingerprint density at radius 3 is 2.61 bits per heavy atom. The molecule has 2 rings (SSSR count). The summed E-state index contributed by atoms with van der Waals surface area (Å²) in [5.41, 5.74) is 0. The molecular formula is C15H30N2O. The minimum Gasteiger partial charge on any atom is -0.395 e. The maximum absolute atomic E-state index is 9.48. The first-order chi connectivity index (χ1) is 8.72. The first-order valence-electron chi connectivity index (χ1n) is 7.82. The number of aliphatic hydroxyl groups excluding tert-OH is 1. The SMILES string of the molecule is CC(C)[C@@H](CO)NC1CCCC1C1CCCCN1. The number of piperidine rings is 1. The highest BCUT2D eigenvalue weighted by Crippen LogP contribution is 2.32. The van der Waals surface area contributed by atoms with Crippen LogP contribution in [0.4, 0.5) is 0 Å². The van der Waals surface area contributed by atoms with Gasteiger partial charge >= 0.3 is 0 Å². The average Bonchev–Trinajstić information content (AvgIpc) is 2.84. The van der Waals surface area contributed by atoms with Crippen molar-refractivity contribution in [3.8, 4) is 0 Å². The summed E-state index contributed by atoms with van der Waals surface area (Å²) in [6.45, 7) is 5.84. The predicted molar refractivity (Wildman–Crippen MR) is 75.6 cm³/mol. The standard InChI is InChI=1S/C15H30N2O/c1-11(2)15(10-18)17-14-8-5-6-12(14)13-7-3-4-9-16-13/h11-18H,3-10H2,1-2H3/t12?,13?,14?,15-/m1/s1. The Hall–Kier alpha value is -0.120. The fraction of sp³-hybridized carbons (Fsp3) is 1.00. The maximum Gasteiger partial charge on any atom is 0.0587 e. The van der Waals surface area contributed by atoms with Gasteiger partial charge in [0.1, 0.15) is 0 Å². The lowest BCUT2D eigenvalue weighted by molar-refractivity contribution is 0.175. The second-order valence-electron chi connectivity index (χ2n) is 6.46. The minimum atomic E-state index is 0.263. The second-order valence-corrected chi connectivity index (χ2v) is 6.46. The number of hydrogen-bond acceptors (Lipinski definition) is 3. The minimum absolute atomic E-state index is 0.263. The van der Waals surface area contributed by atoms with Crippen LogP contribution >= 0.6 is 0 Å². The van der Waals surface area contributed by atoms with Gasteiger partial charge in [-0.05, 0) is 44.1 Å². The van der Waals surface area contributed by atoms with Gasteiger partial charge in [0.05, 0.1) is 6.61 Å². The highest BCUT2D eigenvalue weighted by Gasteiger charge is 2.35. The number of hydrogen-bond donors (Lipinski definition) is 3. The van der Waals surface area contributed by atoms with Crippen LogP contribution in [-0.2, 0) is 0 Å². The van der Waals surface area contributed by atoms with Crippen LogP contribution in [0.5, 0.6) is 0 Å². The van der Waals surface area contributed by atoms with Gasteiger partial charge in [-0.2, -0.15) is 0 Å². The predicted octanol–water partition coefficient (Wildman–Crippen LogP) is 1.90. The monoisotopic (exact) mass is 254 g/mol. The van der Waals surface area contributed by atoms with Crippen LogP contribution in [0.25, 0.3) is 0 Å². The molecule has 3 heteroatoms. The third-order valence-electron chi connectivity index (χ3n) is 4.86. The molecule has 0 spiro atoms. The van der Waals surface area contributed by atoms with E-state index in [1.807, 2.05) is 0 Å². The molecule has 3 unspecified atom stereocenters. The second kappa shape index (κ2) is 6.88. The number of nitrogens with one attached hydrogen (secondary N) is 2. The Morgan fingerprint density at radius 2 is 2.00 bits per heavy atom. The van der Waals surface area contributed by atoms with E-state index in [0.717, 1.165) is 5.92 Å². The van der Waals surface area contributed by atoms with E-state index in [2.05, 4.69) is 24.5 Å². The molecule has 0 amide bonds. The molecule has 3 nitrogen and oxygen atoms in total. The lowest BCUT2D eigenvalue weighted by Gasteiger charge is -2.35. The van der Waals surface area contributed by atoms with Crippen molar-refractivity contribution < 1.29 is 5.11 Å². The van der Waals surface area contributed by atoms with Gasteiger partial charge in [-0.1, -0.05) is 26.7 Å². The van der Waals surface area contributed by atoms with Crippen molar-refractivity contribution in [2.75, 3.05) is 13.2 Å². The molecule has 2 fully saturated rings. The maximum atomic E-state index is 9.48. The van der Waals surface area contributed by atoms with E-state index in [4.69, 9.17) is 0 Å². The van der Waals surface area contributed by atoms with E-state index in [0.29, 0.717) is 18.0 Å². The average molecular weight is 254 g/mol. The molecule has 0 aromatic carbocycles. The highest BCUT2D eigenvalue weighted by molar-refractivity contribution is 4.93. The van der Waals surface area contributed by atoms with Crippen molar-refractivity contribution in [3.63, 3.8) is 0 Å². The summed E-state index contributed by atoms with van der Waals surface area (Å²) in [6, 6.07) is 1.59. The summed E-state index contributed by atoms with van der Waals surface area (Å²) in [7, 11) is 0. The van der Waals surface area contributed by atoms with Gasteiger partial charge in [0.2, 0.25) is 0 Å². The lowest BCUT2D eigenvalue weighted by atomic mass is 9.87. The molecule has 0 aromatic heterocycles. The van der Waals surface area contributed by atoms with Crippen LogP contribution in [0, 0.1) is 11.8 Å². The molecular weight excluding hydrogens is 224 g/mol. The van der Waals surface area contributed by atoms with E-state index in [1.54, 1.807) is 0 Å². The van der Waals surface area contributed by atoms with E-state index in [9.17, 15) is 5.11 Å². The fourth-order valence-electron chi connectivity index (χ4n) is 3.65. The molecule has 106 valence electrons. The fourth-order valence-corrected chi connectivity index (χ4v) is 3.65. The molecule has 1 aliphatic heterocycles. The molecule has 1 aliphatic carbocycles. The van der Waals surface area contributed by atoms with E-state index in [-0.39, 0.29) is 12.6 Å². The van der Waals surface area contributed by atoms with Crippen molar-refractivity contribution in [2.45, 2.75) is 70.5 Å². The van der Waals surface area contributed by atoms with Crippen LogP contribution in [0.3, 0.4) is 0 Å². The third-order valence-corrected chi connectivity index (χ3v) is 4.86. The van der Waals surface area contributed by atoms with Gasteiger partial charge in [0, 0.05) is 18.1 Å². The summed E-state index contributed by atoms with van der Waals surface area (Å²) in [5, 5.41) is 16.9. The van der Waals surface area contributed by atoms with Gasteiger partial charge in [-0.25, -0.2) is 0 Å². The normalized spacial score (nSPS) is 35.0. The van der Waals surface area contributed by atoms with E-state index in [1.165, 1.54) is 45.1 Å². The summed E-state index contributed by atoms with van der Waals surface area (Å²) in [5.74, 6) is 1.29. The first kappa shape index (κ1) is 14.3. The molecule has 0 bridgehead atoms. The van der Waals surface area contributed by atoms with Crippen molar-refractivity contribution in [1.82, 2.24) is 10.6 Å². The topological polar surface area (TPSA) is 44.3 Å². The Labute approximate surface area is 112 Å². The molecule has 0 radical (unpaired) electrons. The largest absolute Gasteiger partial charge is 0.395 e. The van der Waals surface area contributed by atoms with Gasteiger partial charge in [0.25, 0.3) is 0 Å². The molecule has 1 saturated heterocycles. The summed E-state index contributed by atoms with van der Waals surface area (Å²) < 4.78 is 0. The zero-order valence-corrected chi connectivity index (χ0v) is 12.0. The van der Waals surface area contributed by atoms with Crippen molar-refractivity contribution in [3.05, 3.63) is 0 Å². The summed E-state index contributed by atoms with van der Waals surface area (Å²) >= 11 is 0. The Bertz CT molecular complexity index is 239. The van der Waals surface area contributed by atoms with Crippen molar-refractivity contribution >= 4 is 0 Å². The molecule has 4 atom stereocenters. The van der Waals surface area contributed by atoms with Gasteiger partial charge in [0.15, 0.2) is 0 Å². The smallest absolute Gasteiger partial charge is 0.0587 e. The van der Waals surface area contributed by atoms with Crippen molar-refractivity contribution in [1.29, 1.82) is 0 Å². The van der Waals surface area contributed by atoms with Gasteiger partial charge < -0.3 is 15.7 Å². The van der Waals surface area contributed by atoms with Crippen LogP contribution in [0.15, 0.2) is 0 Å². The first-order valence-corrected chi connectivity index (χ1v) is 7.82. The molecule has 0 aromatic rings. The number of rotatable bonds is 5. The zero-order chi connectivity index (χ0) is 13.0. The van der Waals surface area contributed by atoms with Crippen LogP contribution in [-0.4, -0.2) is 36.4 Å². The van der Waals surface area contributed by atoms with E-state index >= 15 is 0 Å². The van der Waals surface area contributed by atoms with E-state index < -0.39 is 0 Å². The molecule has 1 saturated carbocycles. The molecule has 1 heterocycles. The molecule has 3 N–H and O–H groups in total. The van der Waals surface area contributed by atoms with Crippen LogP contribution < -0.4 is 10.6 Å².